The lowest BCUT2D eigenvalue weighted by atomic mass is 9.68. The van der Waals surface area contributed by atoms with Gasteiger partial charge in [-0.05, 0) is 125 Å². The first-order valence-electron chi connectivity index (χ1n) is 21.7. The van der Waals surface area contributed by atoms with Crippen molar-refractivity contribution in [1.82, 2.24) is 0 Å². The van der Waals surface area contributed by atoms with Crippen LogP contribution in [0.5, 0.6) is 0 Å². The van der Waals surface area contributed by atoms with Gasteiger partial charge in [0.05, 0.1) is 16.8 Å². The monoisotopic (exact) mass is 771 g/mol. The van der Waals surface area contributed by atoms with E-state index in [2.05, 4.69) is 223 Å². The molecule has 0 aromatic heterocycles. The summed E-state index contributed by atoms with van der Waals surface area (Å²) >= 11 is 0. The van der Waals surface area contributed by atoms with Gasteiger partial charge in [-0.2, -0.15) is 0 Å². The molecular weight excluding hydrogens is 723 g/mol. The molecule has 1 nitrogen and oxygen atoms in total. The van der Waals surface area contributed by atoms with Crippen molar-refractivity contribution in [2.75, 3.05) is 4.90 Å². The molecule has 1 heterocycles. The van der Waals surface area contributed by atoms with Crippen molar-refractivity contribution in [2.45, 2.75) is 70.1 Å². The lowest BCUT2D eigenvalue weighted by Crippen LogP contribution is -2.27. The number of rotatable bonds is 2. The van der Waals surface area contributed by atoms with E-state index in [1.165, 1.54) is 112 Å². The minimum atomic E-state index is -0.482. The fourth-order valence-corrected chi connectivity index (χ4v) is 11.7. The Kier molecular flexibility index (Phi) is 7.01. The lowest BCUT2D eigenvalue weighted by Gasteiger charge is -2.36. The van der Waals surface area contributed by atoms with Crippen molar-refractivity contribution in [1.29, 1.82) is 0 Å². The van der Waals surface area contributed by atoms with Crippen LogP contribution < -0.4 is 4.90 Å². The van der Waals surface area contributed by atoms with Crippen LogP contribution in [0.2, 0.25) is 0 Å². The van der Waals surface area contributed by atoms with E-state index >= 15 is 0 Å². The first kappa shape index (κ1) is 35.5. The van der Waals surface area contributed by atoms with Gasteiger partial charge in [0.2, 0.25) is 0 Å². The highest BCUT2D eigenvalue weighted by Gasteiger charge is 2.53. The van der Waals surface area contributed by atoms with Gasteiger partial charge in [-0.1, -0.05) is 188 Å². The van der Waals surface area contributed by atoms with Crippen molar-refractivity contribution in [3.63, 3.8) is 0 Å². The van der Waals surface area contributed by atoms with Crippen LogP contribution in [-0.4, -0.2) is 0 Å². The molecule has 1 spiro atoms. The molecule has 0 N–H and O–H groups in total. The van der Waals surface area contributed by atoms with Crippen molar-refractivity contribution in [3.8, 4) is 44.5 Å². The normalized spacial score (nSPS) is 17.9. The fourth-order valence-electron chi connectivity index (χ4n) is 11.7. The van der Waals surface area contributed by atoms with Crippen LogP contribution in [-0.2, 0) is 21.7 Å². The Morgan fingerprint density at radius 2 is 0.933 bits per heavy atom. The molecule has 8 aromatic rings. The molecule has 3 aliphatic carbocycles. The van der Waals surface area contributed by atoms with E-state index < -0.39 is 5.41 Å². The van der Waals surface area contributed by atoms with E-state index in [1.807, 2.05) is 0 Å². The van der Waals surface area contributed by atoms with Gasteiger partial charge in [-0.3, -0.25) is 0 Å². The zero-order valence-electron chi connectivity index (χ0n) is 35.6. The summed E-state index contributed by atoms with van der Waals surface area (Å²) in [5.41, 5.74) is 25.3. The van der Waals surface area contributed by atoms with Crippen molar-refractivity contribution < 1.29 is 0 Å². The molecule has 1 aliphatic heterocycles. The largest absolute Gasteiger partial charge is 0.310 e. The second kappa shape index (κ2) is 11.9. The highest BCUT2D eigenvalue weighted by atomic mass is 15.1. The Morgan fingerprint density at radius 3 is 1.67 bits per heavy atom. The number of anilines is 3. The molecule has 0 saturated carbocycles. The summed E-state index contributed by atoms with van der Waals surface area (Å²) in [5.74, 6) is 0. The highest BCUT2D eigenvalue weighted by molar-refractivity contribution is 5.99. The predicted molar refractivity (Wildman–Crippen MR) is 251 cm³/mol. The minimum absolute atomic E-state index is 0.00372. The number of hydrogen-bond acceptors (Lipinski definition) is 1. The molecular formula is C59H49N. The van der Waals surface area contributed by atoms with Crippen LogP contribution in [0.15, 0.2) is 170 Å². The number of benzene rings is 8. The Morgan fingerprint density at radius 1 is 0.367 bits per heavy atom. The van der Waals surface area contributed by atoms with Crippen LogP contribution in [0.1, 0.15) is 98.5 Å². The number of hydrogen-bond donors (Lipinski definition) is 0. The summed E-state index contributed by atoms with van der Waals surface area (Å²) in [6.45, 7) is 16.8. The van der Waals surface area contributed by atoms with E-state index in [0.29, 0.717) is 0 Å². The Labute approximate surface area is 355 Å². The third-order valence-electron chi connectivity index (χ3n) is 14.9. The van der Waals surface area contributed by atoms with Crippen LogP contribution >= 0.6 is 0 Å². The quantitative estimate of drug-likeness (QED) is 0.169. The summed E-state index contributed by atoms with van der Waals surface area (Å²) in [7, 11) is 0. The van der Waals surface area contributed by atoms with Crippen molar-refractivity contribution >= 4 is 17.1 Å². The average Bonchev–Trinajstić information content (AvgIpc) is 3.81. The van der Waals surface area contributed by atoms with Crippen molar-refractivity contribution in [2.24, 2.45) is 0 Å². The summed E-state index contributed by atoms with van der Waals surface area (Å²) in [4.78, 5) is 2.62. The molecule has 0 amide bonds. The van der Waals surface area contributed by atoms with E-state index in [0.717, 1.165) is 0 Å². The van der Waals surface area contributed by atoms with Crippen molar-refractivity contribution in [3.05, 3.63) is 220 Å². The topological polar surface area (TPSA) is 3.24 Å². The molecule has 60 heavy (non-hydrogen) atoms. The summed E-state index contributed by atoms with van der Waals surface area (Å²) in [6, 6.07) is 65.7. The molecule has 4 aliphatic rings. The van der Waals surface area contributed by atoms with Gasteiger partial charge in [0.25, 0.3) is 0 Å². The molecule has 1 heteroatoms. The van der Waals surface area contributed by atoms with E-state index in [4.69, 9.17) is 0 Å². The molecule has 1 atom stereocenters. The molecule has 290 valence electrons. The van der Waals surface area contributed by atoms with Crippen LogP contribution in [0.25, 0.3) is 44.5 Å². The summed E-state index contributed by atoms with van der Waals surface area (Å²) in [5, 5.41) is 0. The first-order valence-corrected chi connectivity index (χ1v) is 21.7. The summed E-state index contributed by atoms with van der Waals surface area (Å²) < 4.78 is 0. The smallest absolute Gasteiger partial charge is 0.0726 e. The Balaban J connectivity index is 1.26. The zero-order valence-corrected chi connectivity index (χ0v) is 35.6. The molecule has 0 fully saturated rings. The third-order valence-corrected chi connectivity index (χ3v) is 14.9. The van der Waals surface area contributed by atoms with Gasteiger partial charge in [0.15, 0.2) is 0 Å². The van der Waals surface area contributed by atoms with Crippen LogP contribution in [0.4, 0.5) is 17.1 Å². The molecule has 0 radical (unpaired) electrons. The second-order valence-electron chi connectivity index (χ2n) is 19.7. The first-order chi connectivity index (χ1) is 28.9. The number of para-hydroxylation sites is 1. The van der Waals surface area contributed by atoms with Gasteiger partial charge >= 0.3 is 0 Å². The zero-order chi connectivity index (χ0) is 40.9. The molecule has 4 bridgehead atoms. The maximum absolute atomic E-state index is 2.62. The Bertz CT molecular complexity index is 3130. The van der Waals surface area contributed by atoms with Gasteiger partial charge in [0.1, 0.15) is 0 Å². The van der Waals surface area contributed by atoms with Gasteiger partial charge in [-0.15, -0.1) is 0 Å². The van der Waals surface area contributed by atoms with Gasteiger partial charge < -0.3 is 4.90 Å². The Hall–Kier alpha value is -6.44. The maximum atomic E-state index is 2.62. The van der Waals surface area contributed by atoms with E-state index in [-0.39, 0.29) is 16.2 Å². The second-order valence-corrected chi connectivity index (χ2v) is 19.7. The lowest BCUT2D eigenvalue weighted by molar-refractivity contribution is 0.588. The van der Waals surface area contributed by atoms with Crippen LogP contribution in [0, 0.1) is 0 Å². The molecule has 1 unspecified atom stereocenters. The maximum Gasteiger partial charge on any atom is 0.0726 e. The van der Waals surface area contributed by atoms with Gasteiger partial charge in [0, 0.05) is 22.1 Å². The molecule has 0 saturated heterocycles. The van der Waals surface area contributed by atoms with E-state index in [1.54, 1.807) is 0 Å². The standard InChI is InChI=1S/C59H49N/c1-56(2,3)37-25-28-43-44-29-26-38-32-51(44)59(50(43)31-37)48-23-15-12-20-41(48)45-30-27-39(33-52(45)59)60(54-24-16-13-19-40(54)36-17-9-8-10-18-36)55-35-49-46(34-53(55)57(38,4)5)42-21-11-14-22-47(42)58(49,6)7/h8-35H,1-7H3. The number of fused-ring (bicyclic) bond motifs is 10. The minimum Gasteiger partial charge on any atom is -0.310 e. The fraction of sp³-hybridized carbons (Fsp3) is 0.186. The summed E-state index contributed by atoms with van der Waals surface area (Å²) in [6.07, 6.45) is 0. The predicted octanol–water partition coefficient (Wildman–Crippen LogP) is 15.4. The third kappa shape index (κ3) is 4.48. The van der Waals surface area contributed by atoms with Crippen LogP contribution in [0.3, 0.4) is 0 Å². The van der Waals surface area contributed by atoms with Gasteiger partial charge in [-0.25, -0.2) is 0 Å². The van der Waals surface area contributed by atoms with E-state index in [9.17, 15) is 0 Å². The highest BCUT2D eigenvalue weighted by Crippen LogP contribution is 2.65. The SMILES string of the molecule is CC(C)(C)c1ccc2c(c1)C13c4ccccc4-c4ccc(cc41)N(c1ccccc1-c1ccccc1)c1cc4c(cc1C(C)(C)c1ccc-2c3c1)-c1ccccc1C4(C)C. The molecule has 8 aromatic carbocycles. The molecule has 12 rings (SSSR count). The number of nitrogens with zero attached hydrogens (tertiary/aromatic N) is 1. The average molecular weight is 772 g/mol.